The van der Waals surface area contributed by atoms with Gasteiger partial charge in [0.2, 0.25) is 0 Å². The highest BCUT2D eigenvalue weighted by molar-refractivity contribution is 5.98. The molecule has 0 radical (unpaired) electrons. The van der Waals surface area contributed by atoms with Crippen LogP contribution in [0.3, 0.4) is 0 Å². The maximum absolute atomic E-state index is 11.4. The molecule has 0 heterocycles. The summed E-state index contributed by atoms with van der Waals surface area (Å²) in [5.41, 5.74) is -0.855. The van der Waals surface area contributed by atoms with Crippen molar-refractivity contribution in [3.8, 4) is 11.8 Å². The normalized spacial score (nSPS) is 12.8. The predicted molar refractivity (Wildman–Crippen MR) is 65.7 cm³/mol. The number of benzene rings is 1. The lowest BCUT2D eigenvalue weighted by molar-refractivity contribution is -0.165. The smallest absolute Gasteiger partial charge is 0.323 e. The van der Waals surface area contributed by atoms with E-state index in [9.17, 15) is 9.59 Å². The van der Waals surface area contributed by atoms with Crippen LogP contribution in [0.1, 0.15) is 18.9 Å². The van der Waals surface area contributed by atoms with Gasteiger partial charge in [0.05, 0.1) is 7.11 Å². The molecule has 0 spiro atoms. The van der Waals surface area contributed by atoms with Crippen molar-refractivity contribution < 1.29 is 19.4 Å². The molecule has 0 aliphatic rings. The van der Waals surface area contributed by atoms with Crippen molar-refractivity contribution in [1.29, 1.82) is 0 Å². The number of hydrogen-bond acceptors (Lipinski definition) is 3. The number of carboxylic acid groups (broad SMARTS) is 1. The van der Waals surface area contributed by atoms with Gasteiger partial charge in [0, 0.05) is 12.0 Å². The Morgan fingerprint density at radius 2 is 1.94 bits per heavy atom. The predicted octanol–water partition coefficient (Wildman–Crippen LogP) is 1.69. The second kappa shape index (κ2) is 5.87. The zero-order valence-corrected chi connectivity index (χ0v) is 10.3. The van der Waals surface area contributed by atoms with E-state index in [1.807, 2.05) is 30.3 Å². The van der Waals surface area contributed by atoms with Gasteiger partial charge in [-0.1, -0.05) is 30.0 Å². The van der Waals surface area contributed by atoms with Crippen molar-refractivity contribution >= 4 is 11.9 Å². The molecule has 0 aliphatic carbocycles. The summed E-state index contributed by atoms with van der Waals surface area (Å²) in [4.78, 5) is 22.5. The average Bonchev–Trinajstić information content (AvgIpc) is 2.38. The molecule has 1 aromatic carbocycles. The first kappa shape index (κ1) is 13.8. The molecule has 0 saturated carbocycles. The highest BCUT2D eigenvalue weighted by atomic mass is 16.5. The Balaban J connectivity index is 2.85. The molecular weight excluding hydrogens is 232 g/mol. The SMILES string of the molecule is COC(=O)C(C)(CC#Cc1ccccc1)C(=O)O. The highest BCUT2D eigenvalue weighted by Gasteiger charge is 2.41. The van der Waals surface area contributed by atoms with Crippen molar-refractivity contribution in [2.75, 3.05) is 7.11 Å². The second-order valence-electron chi connectivity index (χ2n) is 3.97. The summed E-state index contributed by atoms with van der Waals surface area (Å²) < 4.78 is 4.49. The summed E-state index contributed by atoms with van der Waals surface area (Å²) in [6.45, 7) is 1.31. The molecule has 1 aromatic rings. The van der Waals surface area contributed by atoms with Crippen molar-refractivity contribution in [1.82, 2.24) is 0 Å². The molecule has 1 atom stereocenters. The molecule has 0 amide bonds. The molecule has 0 aromatic heterocycles. The summed E-state index contributed by atoms with van der Waals surface area (Å²) in [5.74, 6) is 3.49. The lowest BCUT2D eigenvalue weighted by atomic mass is 9.87. The van der Waals surface area contributed by atoms with E-state index >= 15 is 0 Å². The third kappa shape index (κ3) is 3.11. The number of aliphatic carboxylic acids is 1. The minimum Gasteiger partial charge on any atom is -0.480 e. The van der Waals surface area contributed by atoms with Crippen LogP contribution in [0.15, 0.2) is 30.3 Å². The summed E-state index contributed by atoms with van der Waals surface area (Å²) in [7, 11) is 1.16. The first-order valence-electron chi connectivity index (χ1n) is 5.36. The monoisotopic (exact) mass is 246 g/mol. The van der Waals surface area contributed by atoms with Gasteiger partial charge >= 0.3 is 11.9 Å². The van der Waals surface area contributed by atoms with Crippen molar-refractivity contribution in [2.45, 2.75) is 13.3 Å². The van der Waals surface area contributed by atoms with E-state index in [0.29, 0.717) is 0 Å². The van der Waals surface area contributed by atoms with Crippen LogP contribution in [0.4, 0.5) is 0 Å². The summed E-state index contributed by atoms with van der Waals surface area (Å²) >= 11 is 0. The molecule has 18 heavy (non-hydrogen) atoms. The van der Waals surface area contributed by atoms with Gasteiger partial charge in [0.25, 0.3) is 0 Å². The summed E-state index contributed by atoms with van der Waals surface area (Å²) in [6, 6.07) is 9.15. The molecule has 1 unspecified atom stereocenters. The van der Waals surface area contributed by atoms with E-state index in [1.165, 1.54) is 6.92 Å². The topological polar surface area (TPSA) is 63.6 Å². The van der Waals surface area contributed by atoms with E-state index in [2.05, 4.69) is 16.6 Å². The van der Waals surface area contributed by atoms with E-state index in [-0.39, 0.29) is 6.42 Å². The molecule has 4 nitrogen and oxygen atoms in total. The zero-order chi connectivity index (χ0) is 13.6. The number of methoxy groups -OCH3 is 1. The minimum atomic E-state index is -1.63. The highest BCUT2D eigenvalue weighted by Crippen LogP contribution is 2.23. The van der Waals surface area contributed by atoms with Gasteiger partial charge in [-0.25, -0.2) is 0 Å². The Morgan fingerprint density at radius 1 is 1.33 bits per heavy atom. The molecule has 0 fully saturated rings. The lowest BCUT2D eigenvalue weighted by Gasteiger charge is -2.18. The number of ether oxygens (including phenoxy) is 1. The van der Waals surface area contributed by atoms with Gasteiger partial charge in [-0.3, -0.25) is 9.59 Å². The lowest BCUT2D eigenvalue weighted by Crippen LogP contribution is -2.37. The van der Waals surface area contributed by atoms with Crippen LogP contribution in [0.25, 0.3) is 0 Å². The fourth-order valence-corrected chi connectivity index (χ4v) is 1.30. The number of carboxylic acids is 1. The Morgan fingerprint density at radius 3 is 2.44 bits per heavy atom. The van der Waals surface area contributed by atoms with Crippen molar-refractivity contribution in [3.05, 3.63) is 35.9 Å². The van der Waals surface area contributed by atoms with Gasteiger partial charge < -0.3 is 9.84 Å². The molecule has 4 heteroatoms. The first-order valence-corrected chi connectivity index (χ1v) is 5.36. The molecule has 1 rings (SSSR count). The average molecular weight is 246 g/mol. The van der Waals surface area contributed by atoms with Crippen LogP contribution in [0, 0.1) is 17.3 Å². The number of carbonyl (C=O) groups excluding carboxylic acids is 1. The largest absolute Gasteiger partial charge is 0.480 e. The van der Waals surface area contributed by atoms with Crippen LogP contribution >= 0.6 is 0 Å². The molecule has 0 saturated heterocycles. The van der Waals surface area contributed by atoms with Gasteiger partial charge in [-0.15, -0.1) is 0 Å². The Kier molecular flexibility index (Phi) is 4.50. The van der Waals surface area contributed by atoms with Crippen LogP contribution in [0.2, 0.25) is 0 Å². The van der Waals surface area contributed by atoms with Crippen LogP contribution in [-0.4, -0.2) is 24.2 Å². The van der Waals surface area contributed by atoms with E-state index in [1.54, 1.807) is 0 Å². The van der Waals surface area contributed by atoms with Gasteiger partial charge in [0.15, 0.2) is 5.41 Å². The summed E-state index contributed by atoms with van der Waals surface area (Å²) in [5, 5.41) is 9.06. The minimum absolute atomic E-state index is 0.0934. The molecule has 94 valence electrons. The van der Waals surface area contributed by atoms with Gasteiger partial charge in [-0.05, 0) is 19.1 Å². The van der Waals surface area contributed by atoms with Crippen LogP contribution in [0.5, 0.6) is 0 Å². The summed E-state index contributed by atoms with van der Waals surface area (Å²) in [6.07, 6.45) is -0.0934. The van der Waals surface area contributed by atoms with E-state index in [4.69, 9.17) is 5.11 Å². The second-order valence-corrected chi connectivity index (χ2v) is 3.97. The fourth-order valence-electron chi connectivity index (χ4n) is 1.30. The van der Waals surface area contributed by atoms with Gasteiger partial charge in [-0.2, -0.15) is 0 Å². The standard InChI is InChI=1S/C14H14O4/c1-14(12(15)16,13(17)18-2)10-6-9-11-7-4-3-5-8-11/h3-5,7-8H,10H2,1-2H3,(H,15,16). The van der Waals surface area contributed by atoms with Gasteiger partial charge in [0.1, 0.15) is 0 Å². The number of hydrogen-bond donors (Lipinski definition) is 1. The number of carbonyl (C=O) groups is 2. The zero-order valence-electron chi connectivity index (χ0n) is 10.3. The fraction of sp³-hybridized carbons (Fsp3) is 0.286. The molecule has 0 aliphatic heterocycles. The van der Waals surface area contributed by atoms with E-state index in [0.717, 1.165) is 12.7 Å². The van der Waals surface area contributed by atoms with Crippen LogP contribution < -0.4 is 0 Å². The van der Waals surface area contributed by atoms with E-state index < -0.39 is 17.4 Å². The Bertz CT molecular complexity index is 496. The molecule has 0 bridgehead atoms. The van der Waals surface area contributed by atoms with Crippen LogP contribution in [-0.2, 0) is 14.3 Å². The molecular formula is C14H14O4. The number of rotatable bonds is 3. The quantitative estimate of drug-likeness (QED) is 0.501. The maximum atomic E-state index is 11.4. The first-order chi connectivity index (χ1) is 8.50. The van der Waals surface area contributed by atoms with Crippen molar-refractivity contribution in [3.63, 3.8) is 0 Å². The third-order valence-corrected chi connectivity index (χ3v) is 2.56. The number of esters is 1. The molecule has 1 N–H and O–H groups in total. The Hall–Kier alpha value is -2.28. The third-order valence-electron chi connectivity index (χ3n) is 2.56. The Labute approximate surface area is 106 Å². The van der Waals surface area contributed by atoms with Crippen molar-refractivity contribution in [2.24, 2.45) is 5.41 Å². The maximum Gasteiger partial charge on any atom is 0.323 e.